The highest BCUT2D eigenvalue weighted by molar-refractivity contribution is 5.91. The highest BCUT2D eigenvalue weighted by Gasteiger charge is 2.51. The summed E-state index contributed by atoms with van der Waals surface area (Å²) >= 11 is 0. The van der Waals surface area contributed by atoms with Gasteiger partial charge in [0.25, 0.3) is 0 Å². The zero-order valence-corrected chi connectivity index (χ0v) is 13.8. The van der Waals surface area contributed by atoms with Crippen LogP contribution in [0.5, 0.6) is 5.75 Å². The molecule has 2 aromatic rings. The standard InChI is InChI=1S/C18H23N3O2/c1-12(10-15-11-13(2)20-21-15)19-17(22)18(8-9-18)14-4-6-16(23-3)7-5-14/h4-7,11-12H,8-10H2,1-3H3,(H,19,22)(H,20,21)/t12-/m0/s1. The molecule has 1 aliphatic rings. The lowest BCUT2D eigenvalue weighted by molar-refractivity contribution is -0.124. The smallest absolute Gasteiger partial charge is 0.230 e. The number of ether oxygens (including phenoxy) is 1. The Balaban J connectivity index is 1.64. The highest BCUT2D eigenvalue weighted by Crippen LogP contribution is 2.48. The van der Waals surface area contributed by atoms with Gasteiger partial charge in [-0.25, -0.2) is 0 Å². The van der Waals surface area contributed by atoms with Crippen LogP contribution in [-0.4, -0.2) is 29.3 Å². The molecule has 1 heterocycles. The topological polar surface area (TPSA) is 67.0 Å². The number of rotatable bonds is 6. The van der Waals surface area contributed by atoms with E-state index in [9.17, 15) is 4.79 Å². The molecule has 5 heteroatoms. The van der Waals surface area contributed by atoms with Crippen LogP contribution in [-0.2, 0) is 16.6 Å². The predicted octanol–water partition coefficient (Wildman–Crippen LogP) is 2.51. The maximum absolute atomic E-state index is 12.7. The van der Waals surface area contributed by atoms with Crippen LogP contribution in [0.25, 0.3) is 0 Å². The number of aryl methyl sites for hydroxylation is 1. The van der Waals surface area contributed by atoms with Gasteiger partial charge in [0.2, 0.25) is 5.91 Å². The summed E-state index contributed by atoms with van der Waals surface area (Å²) in [5.74, 6) is 0.926. The molecule has 0 aliphatic heterocycles. The molecule has 1 saturated carbocycles. The molecular weight excluding hydrogens is 290 g/mol. The SMILES string of the molecule is COc1ccc(C2(C(=O)N[C@@H](C)Cc3cc(C)[nH]n3)CC2)cc1. The molecule has 122 valence electrons. The molecule has 2 N–H and O–H groups in total. The minimum atomic E-state index is -0.359. The first-order chi connectivity index (χ1) is 11.0. The van der Waals surface area contributed by atoms with Gasteiger partial charge in [0.15, 0.2) is 0 Å². The number of aromatic nitrogens is 2. The molecule has 1 aromatic heterocycles. The molecule has 0 unspecified atom stereocenters. The van der Waals surface area contributed by atoms with Crippen molar-refractivity contribution in [1.82, 2.24) is 15.5 Å². The number of amides is 1. The molecule has 3 rings (SSSR count). The summed E-state index contributed by atoms with van der Waals surface area (Å²) in [6, 6.07) is 9.89. The van der Waals surface area contributed by atoms with Crippen LogP contribution in [0.4, 0.5) is 0 Å². The maximum atomic E-state index is 12.7. The Hall–Kier alpha value is -2.30. The zero-order valence-electron chi connectivity index (χ0n) is 13.8. The molecule has 0 saturated heterocycles. The summed E-state index contributed by atoms with van der Waals surface area (Å²) in [6.45, 7) is 3.99. The van der Waals surface area contributed by atoms with Crippen LogP contribution in [0.2, 0.25) is 0 Å². The second kappa shape index (κ2) is 6.07. The van der Waals surface area contributed by atoms with Gasteiger partial charge in [0.1, 0.15) is 5.75 Å². The Kier molecular flexibility index (Phi) is 4.11. The quantitative estimate of drug-likeness (QED) is 0.861. The number of nitrogens with one attached hydrogen (secondary N) is 2. The van der Waals surface area contributed by atoms with Crippen molar-refractivity contribution in [2.24, 2.45) is 0 Å². The van der Waals surface area contributed by atoms with E-state index in [1.54, 1.807) is 7.11 Å². The van der Waals surface area contributed by atoms with Crippen molar-refractivity contribution >= 4 is 5.91 Å². The second-order valence-electron chi connectivity index (χ2n) is 6.43. The Labute approximate surface area is 136 Å². The van der Waals surface area contributed by atoms with Gasteiger partial charge in [-0.15, -0.1) is 0 Å². The molecule has 1 fully saturated rings. The monoisotopic (exact) mass is 313 g/mol. The van der Waals surface area contributed by atoms with Crippen LogP contribution in [0.3, 0.4) is 0 Å². The third-order valence-electron chi connectivity index (χ3n) is 4.48. The van der Waals surface area contributed by atoms with E-state index in [2.05, 4.69) is 15.5 Å². The van der Waals surface area contributed by atoms with Gasteiger partial charge in [-0.3, -0.25) is 9.89 Å². The van der Waals surface area contributed by atoms with Gasteiger partial charge in [0.05, 0.1) is 18.2 Å². The Morgan fingerprint density at radius 1 is 1.39 bits per heavy atom. The lowest BCUT2D eigenvalue weighted by Crippen LogP contribution is -2.41. The number of benzene rings is 1. The lowest BCUT2D eigenvalue weighted by Gasteiger charge is -2.20. The molecule has 1 amide bonds. The minimum absolute atomic E-state index is 0.0564. The van der Waals surface area contributed by atoms with Crippen molar-refractivity contribution in [3.05, 3.63) is 47.3 Å². The van der Waals surface area contributed by atoms with Gasteiger partial charge in [0, 0.05) is 18.2 Å². The highest BCUT2D eigenvalue weighted by atomic mass is 16.5. The van der Waals surface area contributed by atoms with Crippen LogP contribution < -0.4 is 10.1 Å². The molecular formula is C18H23N3O2. The number of carbonyl (C=O) groups excluding carboxylic acids is 1. The largest absolute Gasteiger partial charge is 0.497 e. The second-order valence-corrected chi connectivity index (χ2v) is 6.43. The first-order valence-corrected chi connectivity index (χ1v) is 8.00. The number of hydrogen-bond donors (Lipinski definition) is 2. The normalized spacial score (nSPS) is 16.7. The Morgan fingerprint density at radius 3 is 2.61 bits per heavy atom. The number of nitrogens with zero attached hydrogens (tertiary/aromatic N) is 1. The van der Waals surface area contributed by atoms with Gasteiger partial charge < -0.3 is 10.1 Å². The fourth-order valence-corrected chi connectivity index (χ4v) is 2.99. The zero-order chi connectivity index (χ0) is 16.4. The van der Waals surface area contributed by atoms with E-state index in [-0.39, 0.29) is 17.4 Å². The van der Waals surface area contributed by atoms with Gasteiger partial charge in [-0.1, -0.05) is 12.1 Å². The molecule has 1 atom stereocenters. The summed E-state index contributed by atoms with van der Waals surface area (Å²) in [7, 11) is 1.65. The molecule has 0 bridgehead atoms. The summed E-state index contributed by atoms with van der Waals surface area (Å²) < 4.78 is 5.19. The predicted molar refractivity (Wildman–Crippen MR) is 88.5 cm³/mol. The van der Waals surface area contributed by atoms with Crippen LogP contribution in [0.15, 0.2) is 30.3 Å². The lowest BCUT2D eigenvalue weighted by atomic mass is 9.94. The van der Waals surface area contributed by atoms with E-state index in [4.69, 9.17) is 4.74 Å². The van der Waals surface area contributed by atoms with Gasteiger partial charge in [-0.05, 0) is 50.5 Å². The minimum Gasteiger partial charge on any atom is -0.497 e. The first kappa shape index (κ1) is 15.6. The van der Waals surface area contributed by atoms with Crippen molar-refractivity contribution in [2.45, 2.75) is 44.6 Å². The average Bonchev–Trinajstić information content (AvgIpc) is 3.26. The van der Waals surface area contributed by atoms with E-state index in [0.717, 1.165) is 42.0 Å². The van der Waals surface area contributed by atoms with Crippen molar-refractivity contribution in [3.8, 4) is 5.75 Å². The van der Waals surface area contributed by atoms with E-state index >= 15 is 0 Å². The van der Waals surface area contributed by atoms with E-state index in [1.807, 2.05) is 44.2 Å². The van der Waals surface area contributed by atoms with Crippen molar-refractivity contribution in [2.75, 3.05) is 7.11 Å². The maximum Gasteiger partial charge on any atom is 0.230 e. The van der Waals surface area contributed by atoms with E-state index in [0.29, 0.717) is 0 Å². The molecule has 5 nitrogen and oxygen atoms in total. The van der Waals surface area contributed by atoms with Crippen LogP contribution in [0.1, 0.15) is 36.7 Å². The van der Waals surface area contributed by atoms with E-state index in [1.165, 1.54) is 0 Å². The molecule has 23 heavy (non-hydrogen) atoms. The van der Waals surface area contributed by atoms with Crippen LogP contribution >= 0.6 is 0 Å². The Bertz CT molecular complexity index is 687. The number of methoxy groups -OCH3 is 1. The molecule has 0 spiro atoms. The summed E-state index contributed by atoms with van der Waals surface area (Å²) in [5.41, 5.74) is 2.72. The van der Waals surface area contributed by atoms with Crippen molar-refractivity contribution in [3.63, 3.8) is 0 Å². The van der Waals surface area contributed by atoms with Gasteiger partial charge >= 0.3 is 0 Å². The number of carbonyl (C=O) groups is 1. The summed E-state index contributed by atoms with van der Waals surface area (Å²) in [5, 5.41) is 10.3. The number of H-pyrrole nitrogens is 1. The third kappa shape index (κ3) is 3.23. The molecule has 0 radical (unpaired) electrons. The summed E-state index contributed by atoms with van der Waals surface area (Å²) in [6.07, 6.45) is 2.54. The van der Waals surface area contributed by atoms with E-state index < -0.39 is 0 Å². The fraction of sp³-hybridized carbons (Fsp3) is 0.444. The first-order valence-electron chi connectivity index (χ1n) is 8.00. The number of hydrogen-bond acceptors (Lipinski definition) is 3. The van der Waals surface area contributed by atoms with Crippen molar-refractivity contribution in [1.29, 1.82) is 0 Å². The number of aromatic amines is 1. The van der Waals surface area contributed by atoms with Crippen molar-refractivity contribution < 1.29 is 9.53 Å². The molecule has 1 aliphatic carbocycles. The fourth-order valence-electron chi connectivity index (χ4n) is 2.99. The van der Waals surface area contributed by atoms with Crippen LogP contribution in [0, 0.1) is 6.92 Å². The average molecular weight is 313 g/mol. The third-order valence-corrected chi connectivity index (χ3v) is 4.48. The van der Waals surface area contributed by atoms with Gasteiger partial charge in [-0.2, -0.15) is 5.10 Å². The molecule has 1 aromatic carbocycles. The summed E-state index contributed by atoms with van der Waals surface area (Å²) in [4.78, 5) is 12.7. The Morgan fingerprint density at radius 2 is 2.09 bits per heavy atom.